The smallest absolute Gasteiger partial charge is 0.0458 e. The van der Waals surface area contributed by atoms with Crippen LogP contribution in [0.15, 0.2) is 60.8 Å². The van der Waals surface area contributed by atoms with E-state index in [0.29, 0.717) is 0 Å². The van der Waals surface area contributed by atoms with E-state index < -0.39 is 0 Å². The highest BCUT2D eigenvalue weighted by molar-refractivity contribution is 7.98. The van der Waals surface area contributed by atoms with Crippen LogP contribution in [-0.2, 0) is 5.75 Å². The summed E-state index contributed by atoms with van der Waals surface area (Å²) in [5, 5.41) is 2.05. The molecule has 2 nitrogen and oxygen atoms in total. The van der Waals surface area contributed by atoms with E-state index in [1.165, 1.54) is 27.6 Å². The number of hydrogen-bond acceptors (Lipinski definition) is 2. The highest BCUT2D eigenvalue weighted by atomic mass is 35.5. The van der Waals surface area contributed by atoms with Gasteiger partial charge in [-0.25, -0.2) is 0 Å². The number of fused-ring (bicyclic) bond motifs is 1. The molecule has 4 heteroatoms. The van der Waals surface area contributed by atoms with E-state index in [0.717, 1.165) is 42.6 Å². The molecule has 0 fully saturated rings. The predicted molar refractivity (Wildman–Crippen MR) is 115 cm³/mol. The van der Waals surface area contributed by atoms with Gasteiger partial charge in [-0.05, 0) is 41.3 Å². The maximum absolute atomic E-state index is 6.13. The Kier molecular flexibility index (Phi) is 5.68. The van der Waals surface area contributed by atoms with Gasteiger partial charge < -0.3 is 4.98 Å². The van der Waals surface area contributed by atoms with E-state index in [2.05, 4.69) is 64.6 Å². The molecular formula is C22H23ClN2S. The van der Waals surface area contributed by atoms with Gasteiger partial charge >= 0.3 is 0 Å². The summed E-state index contributed by atoms with van der Waals surface area (Å²) in [7, 11) is 0. The molecule has 3 aromatic rings. The van der Waals surface area contributed by atoms with E-state index in [1.807, 2.05) is 17.8 Å². The molecule has 1 aliphatic heterocycles. The van der Waals surface area contributed by atoms with Gasteiger partial charge in [0.25, 0.3) is 0 Å². The molecule has 1 aromatic heterocycles. The lowest BCUT2D eigenvalue weighted by Crippen LogP contribution is -2.30. The molecule has 0 amide bonds. The van der Waals surface area contributed by atoms with Crippen LogP contribution in [0.4, 0.5) is 0 Å². The number of benzene rings is 2. The number of halogens is 1. The first-order chi connectivity index (χ1) is 12.8. The standard InChI is InChI=1S/C22H23ClN2S/c23-20-6-7-22-21(14-20)19(15-24-22)16-26-13-12-25-10-8-18(9-11-25)17-4-2-1-3-5-17/h1-8,14-15,24H,9-13,16H2. The quantitative estimate of drug-likeness (QED) is 0.539. The summed E-state index contributed by atoms with van der Waals surface area (Å²) < 4.78 is 0. The minimum atomic E-state index is 0.803. The maximum Gasteiger partial charge on any atom is 0.0458 e. The highest BCUT2D eigenvalue weighted by Crippen LogP contribution is 2.26. The van der Waals surface area contributed by atoms with Crippen LogP contribution < -0.4 is 0 Å². The van der Waals surface area contributed by atoms with E-state index in [9.17, 15) is 0 Å². The van der Waals surface area contributed by atoms with E-state index in [4.69, 9.17) is 11.6 Å². The Morgan fingerprint density at radius 1 is 1.12 bits per heavy atom. The van der Waals surface area contributed by atoms with Crippen molar-refractivity contribution >= 4 is 39.8 Å². The molecule has 0 spiro atoms. The average Bonchev–Trinajstić information content (AvgIpc) is 3.08. The molecule has 2 heterocycles. The van der Waals surface area contributed by atoms with Crippen molar-refractivity contribution in [3.63, 3.8) is 0 Å². The molecule has 1 N–H and O–H groups in total. The first-order valence-electron chi connectivity index (χ1n) is 9.10. The summed E-state index contributed by atoms with van der Waals surface area (Å²) in [6, 6.07) is 16.8. The summed E-state index contributed by atoms with van der Waals surface area (Å²) in [6.07, 6.45) is 5.66. The maximum atomic E-state index is 6.13. The van der Waals surface area contributed by atoms with Crippen molar-refractivity contribution in [3.8, 4) is 0 Å². The van der Waals surface area contributed by atoms with Gasteiger partial charge in [-0.15, -0.1) is 0 Å². The predicted octanol–water partition coefficient (Wildman–Crippen LogP) is 5.84. The fourth-order valence-corrected chi connectivity index (χ4v) is 4.64. The van der Waals surface area contributed by atoms with Crippen LogP contribution in [0.5, 0.6) is 0 Å². The number of nitrogens with one attached hydrogen (secondary N) is 1. The van der Waals surface area contributed by atoms with Crippen LogP contribution in [0.2, 0.25) is 5.02 Å². The minimum Gasteiger partial charge on any atom is -0.361 e. The van der Waals surface area contributed by atoms with Crippen molar-refractivity contribution < 1.29 is 0 Å². The van der Waals surface area contributed by atoms with Gasteiger partial charge in [0.1, 0.15) is 0 Å². The normalized spacial score (nSPS) is 15.3. The number of nitrogens with zero attached hydrogens (tertiary/aromatic N) is 1. The van der Waals surface area contributed by atoms with Crippen LogP contribution >= 0.6 is 23.4 Å². The molecule has 0 unspecified atom stereocenters. The molecular weight excluding hydrogens is 360 g/mol. The van der Waals surface area contributed by atoms with Gasteiger partial charge in [0, 0.05) is 53.3 Å². The number of rotatable bonds is 6. The van der Waals surface area contributed by atoms with Gasteiger partial charge in [0.2, 0.25) is 0 Å². The van der Waals surface area contributed by atoms with Crippen molar-refractivity contribution in [3.05, 3.63) is 77.0 Å². The van der Waals surface area contributed by atoms with E-state index >= 15 is 0 Å². The minimum absolute atomic E-state index is 0.803. The monoisotopic (exact) mass is 382 g/mol. The van der Waals surface area contributed by atoms with E-state index in [-0.39, 0.29) is 0 Å². The Morgan fingerprint density at radius 3 is 2.81 bits per heavy atom. The summed E-state index contributed by atoms with van der Waals surface area (Å²) in [6.45, 7) is 3.36. The molecule has 26 heavy (non-hydrogen) atoms. The number of aromatic nitrogens is 1. The van der Waals surface area contributed by atoms with Gasteiger partial charge in [-0.1, -0.05) is 48.0 Å². The van der Waals surface area contributed by atoms with Crippen LogP contribution in [-0.4, -0.2) is 35.3 Å². The second kappa shape index (κ2) is 8.34. The second-order valence-corrected chi connectivity index (χ2v) is 8.24. The van der Waals surface area contributed by atoms with Crippen LogP contribution in [0.25, 0.3) is 16.5 Å². The zero-order chi connectivity index (χ0) is 17.8. The Bertz CT molecular complexity index is 901. The van der Waals surface area contributed by atoms with E-state index in [1.54, 1.807) is 0 Å². The molecule has 0 saturated carbocycles. The average molecular weight is 383 g/mol. The van der Waals surface area contributed by atoms with Crippen LogP contribution in [0.1, 0.15) is 17.5 Å². The third-order valence-corrected chi connectivity index (χ3v) is 6.20. The molecule has 4 rings (SSSR count). The third-order valence-electron chi connectivity index (χ3n) is 4.98. The topological polar surface area (TPSA) is 19.0 Å². The largest absolute Gasteiger partial charge is 0.361 e. The fraction of sp³-hybridized carbons (Fsp3) is 0.273. The lowest BCUT2D eigenvalue weighted by atomic mass is 10.00. The molecule has 0 atom stereocenters. The molecule has 0 aliphatic carbocycles. The molecule has 2 aromatic carbocycles. The summed E-state index contributed by atoms with van der Waals surface area (Å²) in [4.78, 5) is 5.88. The Morgan fingerprint density at radius 2 is 2.00 bits per heavy atom. The van der Waals surface area contributed by atoms with Gasteiger partial charge in [0.05, 0.1) is 0 Å². The number of thioether (sulfide) groups is 1. The van der Waals surface area contributed by atoms with Gasteiger partial charge in [0.15, 0.2) is 0 Å². The zero-order valence-electron chi connectivity index (χ0n) is 14.7. The van der Waals surface area contributed by atoms with Gasteiger partial charge in [-0.3, -0.25) is 4.90 Å². The lowest BCUT2D eigenvalue weighted by Gasteiger charge is -2.26. The molecule has 0 radical (unpaired) electrons. The Labute approximate surface area is 164 Å². The Hall–Kier alpha value is -1.68. The van der Waals surface area contributed by atoms with Crippen molar-refractivity contribution in [2.45, 2.75) is 12.2 Å². The SMILES string of the molecule is Clc1ccc2[nH]cc(CSCCN3CC=C(c4ccccc4)CC3)c2c1. The molecule has 0 bridgehead atoms. The molecule has 0 saturated heterocycles. The molecule has 1 aliphatic rings. The second-order valence-electron chi connectivity index (χ2n) is 6.70. The van der Waals surface area contributed by atoms with Crippen LogP contribution in [0.3, 0.4) is 0 Å². The van der Waals surface area contributed by atoms with Gasteiger partial charge in [-0.2, -0.15) is 11.8 Å². The number of H-pyrrole nitrogens is 1. The van der Waals surface area contributed by atoms with Crippen LogP contribution in [0, 0.1) is 0 Å². The van der Waals surface area contributed by atoms with Crippen molar-refractivity contribution in [2.75, 3.05) is 25.4 Å². The zero-order valence-corrected chi connectivity index (χ0v) is 16.3. The van der Waals surface area contributed by atoms with Crippen molar-refractivity contribution in [1.29, 1.82) is 0 Å². The summed E-state index contributed by atoms with van der Waals surface area (Å²) in [5.41, 5.74) is 5.38. The summed E-state index contributed by atoms with van der Waals surface area (Å²) in [5.74, 6) is 2.18. The first kappa shape index (κ1) is 17.7. The lowest BCUT2D eigenvalue weighted by molar-refractivity contribution is 0.321. The molecule has 134 valence electrons. The Balaban J connectivity index is 1.25. The first-order valence-corrected chi connectivity index (χ1v) is 10.6. The van der Waals surface area contributed by atoms with Crippen molar-refractivity contribution in [1.82, 2.24) is 9.88 Å². The number of aromatic amines is 1. The fourth-order valence-electron chi connectivity index (χ4n) is 3.47. The van der Waals surface area contributed by atoms with Crippen molar-refractivity contribution in [2.24, 2.45) is 0 Å². The third kappa shape index (κ3) is 4.17. The highest BCUT2D eigenvalue weighted by Gasteiger charge is 2.12. The summed E-state index contributed by atoms with van der Waals surface area (Å²) >= 11 is 8.13. The number of hydrogen-bond donors (Lipinski definition) is 1.